The van der Waals surface area contributed by atoms with Gasteiger partial charge >= 0.3 is 0 Å². The van der Waals surface area contributed by atoms with Crippen LogP contribution in [-0.4, -0.2) is 31.7 Å². The minimum absolute atomic E-state index is 0.133. The van der Waals surface area contributed by atoms with E-state index in [9.17, 15) is 9.18 Å². The first-order chi connectivity index (χ1) is 8.65. The highest BCUT2D eigenvalue weighted by Crippen LogP contribution is 2.19. The van der Waals surface area contributed by atoms with E-state index in [0.717, 1.165) is 12.6 Å². The number of rotatable bonds is 3. The molecule has 1 amide bonds. The fourth-order valence-corrected chi connectivity index (χ4v) is 1.91. The van der Waals surface area contributed by atoms with E-state index < -0.39 is 5.82 Å². The summed E-state index contributed by atoms with van der Waals surface area (Å²) < 4.78 is 18.8. The van der Waals surface area contributed by atoms with Gasteiger partial charge in [-0.3, -0.25) is 4.79 Å². The molecule has 1 aromatic carbocycles. The normalized spacial score (nSPS) is 19.6. The van der Waals surface area contributed by atoms with E-state index in [2.05, 4.69) is 10.6 Å². The highest BCUT2D eigenvalue weighted by atomic mass is 35.5. The van der Waals surface area contributed by atoms with Crippen LogP contribution in [0.5, 0.6) is 0 Å². The third-order valence-electron chi connectivity index (χ3n) is 2.62. The van der Waals surface area contributed by atoms with Crippen molar-refractivity contribution >= 4 is 23.2 Å². The average molecular weight is 273 g/mol. The second-order valence-electron chi connectivity index (χ2n) is 4.07. The molecule has 18 heavy (non-hydrogen) atoms. The highest BCUT2D eigenvalue weighted by molar-refractivity contribution is 6.30. The molecule has 1 unspecified atom stereocenters. The summed E-state index contributed by atoms with van der Waals surface area (Å²) >= 11 is 5.63. The zero-order valence-electron chi connectivity index (χ0n) is 9.71. The Balaban J connectivity index is 1.90. The summed E-state index contributed by atoms with van der Waals surface area (Å²) in [4.78, 5) is 11.7. The predicted molar refractivity (Wildman–Crippen MR) is 67.3 cm³/mol. The van der Waals surface area contributed by atoms with Gasteiger partial charge in [-0.05, 0) is 18.2 Å². The van der Waals surface area contributed by atoms with E-state index in [1.165, 1.54) is 12.1 Å². The second-order valence-corrected chi connectivity index (χ2v) is 4.51. The van der Waals surface area contributed by atoms with Crippen LogP contribution < -0.4 is 10.6 Å². The standard InChI is InChI=1S/C12H14ClFN2O2/c13-8-1-2-11(10(14)5-8)16-12(17)6-9-7-15-3-4-18-9/h1-2,5,9,15H,3-4,6-7H2,(H,16,17). The van der Waals surface area contributed by atoms with Crippen molar-refractivity contribution in [2.75, 3.05) is 25.0 Å². The number of morpholine rings is 1. The largest absolute Gasteiger partial charge is 0.375 e. The van der Waals surface area contributed by atoms with Gasteiger partial charge in [0.2, 0.25) is 5.91 Å². The van der Waals surface area contributed by atoms with Gasteiger partial charge in [0.1, 0.15) is 5.82 Å². The van der Waals surface area contributed by atoms with Crippen molar-refractivity contribution in [2.45, 2.75) is 12.5 Å². The van der Waals surface area contributed by atoms with E-state index in [1.807, 2.05) is 0 Å². The first kappa shape index (κ1) is 13.3. The van der Waals surface area contributed by atoms with Crippen LogP contribution in [-0.2, 0) is 9.53 Å². The van der Waals surface area contributed by atoms with Crippen LogP contribution in [0.2, 0.25) is 5.02 Å². The van der Waals surface area contributed by atoms with Gasteiger partial charge in [0.15, 0.2) is 0 Å². The number of amides is 1. The van der Waals surface area contributed by atoms with E-state index in [4.69, 9.17) is 16.3 Å². The van der Waals surface area contributed by atoms with Crippen molar-refractivity contribution in [2.24, 2.45) is 0 Å². The molecule has 0 radical (unpaired) electrons. The number of halogens is 2. The van der Waals surface area contributed by atoms with Gasteiger partial charge in [-0.25, -0.2) is 4.39 Å². The van der Waals surface area contributed by atoms with Gasteiger partial charge in [-0.2, -0.15) is 0 Å². The van der Waals surface area contributed by atoms with Crippen molar-refractivity contribution in [3.05, 3.63) is 29.0 Å². The number of ether oxygens (including phenoxy) is 1. The molecule has 1 aromatic rings. The van der Waals surface area contributed by atoms with Crippen LogP contribution in [0.25, 0.3) is 0 Å². The molecule has 2 rings (SSSR count). The van der Waals surface area contributed by atoms with E-state index in [0.29, 0.717) is 18.2 Å². The minimum atomic E-state index is -0.543. The number of anilines is 1. The first-order valence-corrected chi connectivity index (χ1v) is 6.10. The third-order valence-corrected chi connectivity index (χ3v) is 2.86. The summed E-state index contributed by atoms with van der Waals surface area (Å²) in [7, 11) is 0. The lowest BCUT2D eigenvalue weighted by molar-refractivity contribution is -0.119. The predicted octanol–water partition coefficient (Wildman–Crippen LogP) is 1.80. The molecule has 4 nitrogen and oxygen atoms in total. The van der Waals surface area contributed by atoms with Gasteiger partial charge in [-0.1, -0.05) is 11.6 Å². The SMILES string of the molecule is O=C(CC1CNCCO1)Nc1ccc(Cl)cc1F. The van der Waals surface area contributed by atoms with Gasteiger partial charge in [0.25, 0.3) is 0 Å². The third kappa shape index (κ3) is 3.66. The van der Waals surface area contributed by atoms with Crippen LogP contribution in [0.3, 0.4) is 0 Å². The Bertz CT molecular complexity index is 436. The van der Waals surface area contributed by atoms with Crippen molar-refractivity contribution < 1.29 is 13.9 Å². The molecular weight excluding hydrogens is 259 g/mol. The van der Waals surface area contributed by atoms with Crippen LogP contribution in [0.4, 0.5) is 10.1 Å². The molecule has 1 fully saturated rings. The number of benzene rings is 1. The zero-order chi connectivity index (χ0) is 13.0. The molecule has 0 saturated carbocycles. The van der Waals surface area contributed by atoms with Crippen molar-refractivity contribution in [3.8, 4) is 0 Å². The Morgan fingerprint density at radius 2 is 2.44 bits per heavy atom. The number of nitrogens with one attached hydrogen (secondary N) is 2. The average Bonchev–Trinajstić information content (AvgIpc) is 2.34. The molecule has 0 aliphatic carbocycles. The molecule has 98 valence electrons. The topological polar surface area (TPSA) is 50.4 Å². The fraction of sp³-hybridized carbons (Fsp3) is 0.417. The summed E-state index contributed by atoms with van der Waals surface area (Å²) in [5.41, 5.74) is 0.133. The molecule has 6 heteroatoms. The summed E-state index contributed by atoms with van der Waals surface area (Å²) in [5, 5.41) is 5.93. The molecular formula is C12H14ClFN2O2. The zero-order valence-corrected chi connectivity index (χ0v) is 10.5. The van der Waals surface area contributed by atoms with Gasteiger partial charge in [0.05, 0.1) is 24.8 Å². The minimum Gasteiger partial charge on any atom is -0.375 e. The molecule has 0 spiro atoms. The maximum Gasteiger partial charge on any atom is 0.227 e. The van der Waals surface area contributed by atoms with Crippen LogP contribution >= 0.6 is 11.6 Å². The lowest BCUT2D eigenvalue weighted by Gasteiger charge is -2.23. The number of carbonyl (C=O) groups excluding carboxylic acids is 1. The number of carbonyl (C=O) groups is 1. The molecule has 1 heterocycles. The molecule has 0 bridgehead atoms. The van der Waals surface area contributed by atoms with E-state index in [1.54, 1.807) is 0 Å². The molecule has 2 N–H and O–H groups in total. The van der Waals surface area contributed by atoms with E-state index >= 15 is 0 Å². The van der Waals surface area contributed by atoms with Crippen LogP contribution in [0.1, 0.15) is 6.42 Å². The summed E-state index contributed by atoms with van der Waals surface area (Å²) in [6, 6.07) is 4.13. The van der Waals surface area contributed by atoms with Crippen LogP contribution in [0.15, 0.2) is 18.2 Å². The Morgan fingerprint density at radius 3 is 3.11 bits per heavy atom. The van der Waals surface area contributed by atoms with Crippen molar-refractivity contribution in [1.29, 1.82) is 0 Å². The maximum absolute atomic E-state index is 13.4. The van der Waals surface area contributed by atoms with E-state index in [-0.39, 0.29) is 24.1 Å². The van der Waals surface area contributed by atoms with Crippen molar-refractivity contribution in [3.63, 3.8) is 0 Å². The Morgan fingerprint density at radius 1 is 1.61 bits per heavy atom. The molecule has 1 aliphatic rings. The highest BCUT2D eigenvalue weighted by Gasteiger charge is 2.18. The maximum atomic E-state index is 13.4. The number of hydrogen-bond donors (Lipinski definition) is 2. The summed E-state index contributed by atoms with van der Waals surface area (Å²) in [6.45, 7) is 2.02. The van der Waals surface area contributed by atoms with Crippen molar-refractivity contribution in [1.82, 2.24) is 5.32 Å². The first-order valence-electron chi connectivity index (χ1n) is 5.72. The summed E-state index contributed by atoms with van der Waals surface area (Å²) in [6.07, 6.45) is 0.0452. The second kappa shape index (κ2) is 6.13. The smallest absolute Gasteiger partial charge is 0.227 e. The summed E-state index contributed by atoms with van der Waals surface area (Å²) in [5.74, 6) is -0.816. The van der Waals surface area contributed by atoms with Gasteiger partial charge in [0, 0.05) is 18.1 Å². The lowest BCUT2D eigenvalue weighted by Crippen LogP contribution is -2.40. The molecule has 1 saturated heterocycles. The fourth-order valence-electron chi connectivity index (χ4n) is 1.75. The molecule has 1 atom stereocenters. The Kier molecular flexibility index (Phi) is 4.52. The number of hydrogen-bond acceptors (Lipinski definition) is 3. The van der Waals surface area contributed by atoms with Gasteiger partial charge < -0.3 is 15.4 Å². The van der Waals surface area contributed by atoms with Gasteiger partial charge in [-0.15, -0.1) is 0 Å². The molecule has 1 aliphatic heterocycles. The lowest BCUT2D eigenvalue weighted by atomic mass is 10.2. The monoisotopic (exact) mass is 272 g/mol. The quantitative estimate of drug-likeness (QED) is 0.882. The molecule has 0 aromatic heterocycles. The Hall–Kier alpha value is -1.17. The Labute approximate surface area is 109 Å². The van der Waals surface area contributed by atoms with Crippen LogP contribution in [0, 0.1) is 5.82 Å².